The summed E-state index contributed by atoms with van der Waals surface area (Å²) in [6.45, 7) is 12.3. The summed E-state index contributed by atoms with van der Waals surface area (Å²) in [5.41, 5.74) is 1.38. The van der Waals surface area contributed by atoms with E-state index in [1.54, 1.807) is 12.2 Å². The molecule has 3 heteroatoms. The van der Waals surface area contributed by atoms with Crippen molar-refractivity contribution in [2.75, 3.05) is 0 Å². The molecule has 3 nitrogen and oxygen atoms in total. The molecule has 0 heterocycles. The average Bonchev–Trinajstić information content (AvgIpc) is 2.57. The number of rotatable bonds is 5. The summed E-state index contributed by atoms with van der Waals surface area (Å²) in [7, 11) is 0. The first-order valence-electron chi connectivity index (χ1n) is 8.96. The van der Waals surface area contributed by atoms with Crippen molar-refractivity contribution in [3.8, 4) is 0 Å². The molecule has 4 atom stereocenters. The maximum atomic E-state index is 12.1. The molecule has 2 aliphatic rings. The zero-order chi connectivity index (χ0) is 18.6. The van der Waals surface area contributed by atoms with Gasteiger partial charge in [-0.3, -0.25) is 4.79 Å². The van der Waals surface area contributed by atoms with Crippen molar-refractivity contribution in [1.82, 2.24) is 0 Å². The smallest absolute Gasteiger partial charge is 0.331 e. The molecule has 0 bridgehead atoms. The van der Waals surface area contributed by atoms with Crippen LogP contribution in [0.4, 0.5) is 0 Å². The van der Waals surface area contributed by atoms with Crippen LogP contribution in [0.25, 0.3) is 0 Å². The molecule has 2 aliphatic carbocycles. The summed E-state index contributed by atoms with van der Waals surface area (Å²) < 4.78 is 5.63. The number of hydrogen-bond acceptors (Lipinski definition) is 3. The molecule has 0 aromatic rings. The first kappa shape index (κ1) is 19.2. The molecule has 0 spiro atoms. The Bertz CT molecular complexity index is 677. The van der Waals surface area contributed by atoms with Gasteiger partial charge < -0.3 is 4.74 Å². The SMILES string of the molecule is C=C1CC2(C)C(=CC1=O)C=CC(OC(=O)C=CC=CC(C)CC)C2C. The van der Waals surface area contributed by atoms with Gasteiger partial charge in [-0.25, -0.2) is 4.79 Å². The van der Waals surface area contributed by atoms with Gasteiger partial charge in [-0.1, -0.05) is 65.0 Å². The molecule has 0 saturated carbocycles. The van der Waals surface area contributed by atoms with Gasteiger partial charge in [0.15, 0.2) is 5.78 Å². The Hall–Kier alpha value is -2.16. The summed E-state index contributed by atoms with van der Waals surface area (Å²) in [6.07, 6.45) is 13.9. The van der Waals surface area contributed by atoms with Gasteiger partial charge in [-0.05, 0) is 35.6 Å². The maximum absolute atomic E-state index is 12.1. The van der Waals surface area contributed by atoms with Crippen molar-refractivity contribution in [3.05, 3.63) is 60.3 Å². The molecule has 134 valence electrons. The zero-order valence-electron chi connectivity index (χ0n) is 15.6. The Balaban J connectivity index is 2.06. The van der Waals surface area contributed by atoms with E-state index >= 15 is 0 Å². The third kappa shape index (κ3) is 4.28. The van der Waals surface area contributed by atoms with Crippen LogP contribution in [0.5, 0.6) is 0 Å². The van der Waals surface area contributed by atoms with Crippen LogP contribution >= 0.6 is 0 Å². The third-order valence-electron chi connectivity index (χ3n) is 5.52. The van der Waals surface area contributed by atoms with E-state index in [1.165, 1.54) is 6.08 Å². The second-order valence-electron chi connectivity index (χ2n) is 7.34. The van der Waals surface area contributed by atoms with E-state index in [-0.39, 0.29) is 29.2 Å². The van der Waals surface area contributed by atoms with Crippen LogP contribution in [-0.2, 0) is 14.3 Å². The molecule has 0 amide bonds. The lowest BCUT2D eigenvalue weighted by Gasteiger charge is -2.44. The van der Waals surface area contributed by atoms with Crippen LogP contribution in [-0.4, -0.2) is 17.9 Å². The topological polar surface area (TPSA) is 43.4 Å². The quantitative estimate of drug-likeness (QED) is 0.413. The lowest BCUT2D eigenvalue weighted by atomic mass is 9.61. The van der Waals surface area contributed by atoms with E-state index in [4.69, 9.17) is 4.74 Å². The molecule has 0 fully saturated rings. The number of carbonyl (C=O) groups excluding carboxylic acids is 2. The zero-order valence-corrected chi connectivity index (χ0v) is 15.6. The summed E-state index contributed by atoms with van der Waals surface area (Å²) >= 11 is 0. The number of esters is 1. The van der Waals surface area contributed by atoms with Gasteiger partial charge in [-0.15, -0.1) is 0 Å². The summed E-state index contributed by atoms with van der Waals surface area (Å²) in [6, 6.07) is 0. The monoisotopic (exact) mass is 340 g/mol. The Morgan fingerprint density at radius 1 is 1.48 bits per heavy atom. The highest BCUT2D eigenvalue weighted by atomic mass is 16.5. The van der Waals surface area contributed by atoms with E-state index < -0.39 is 0 Å². The second kappa shape index (κ2) is 7.81. The fraction of sp³-hybridized carbons (Fsp3) is 0.455. The number of fused-ring (bicyclic) bond motifs is 1. The van der Waals surface area contributed by atoms with Crippen molar-refractivity contribution in [3.63, 3.8) is 0 Å². The van der Waals surface area contributed by atoms with Gasteiger partial charge in [0.2, 0.25) is 0 Å². The fourth-order valence-electron chi connectivity index (χ4n) is 3.27. The third-order valence-corrected chi connectivity index (χ3v) is 5.52. The lowest BCUT2D eigenvalue weighted by molar-refractivity contribution is -0.144. The molecular formula is C22H28O3. The minimum atomic E-state index is -0.350. The van der Waals surface area contributed by atoms with Crippen molar-refractivity contribution in [2.45, 2.75) is 46.6 Å². The average molecular weight is 340 g/mol. The van der Waals surface area contributed by atoms with E-state index in [2.05, 4.69) is 40.3 Å². The highest BCUT2D eigenvalue weighted by Gasteiger charge is 2.44. The minimum absolute atomic E-state index is 0.00389. The molecule has 0 aromatic heterocycles. The maximum Gasteiger partial charge on any atom is 0.331 e. The molecule has 0 aromatic carbocycles. The normalized spacial score (nSPS) is 30.5. The number of ether oxygens (including phenoxy) is 1. The lowest BCUT2D eigenvalue weighted by Crippen LogP contribution is -2.42. The van der Waals surface area contributed by atoms with E-state index in [1.807, 2.05) is 18.2 Å². The Kier molecular flexibility index (Phi) is 5.99. The van der Waals surface area contributed by atoms with Crippen LogP contribution in [0.3, 0.4) is 0 Å². The summed E-state index contributed by atoms with van der Waals surface area (Å²) in [5.74, 6) is 0.212. The number of carbonyl (C=O) groups is 2. The minimum Gasteiger partial charge on any atom is -0.455 e. The van der Waals surface area contributed by atoms with Gasteiger partial charge in [0, 0.05) is 17.4 Å². The number of allylic oxidation sites excluding steroid dienone is 7. The Morgan fingerprint density at radius 2 is 2.20 bits per heavy atom. The highest BCUT2D eigenvalue weighted by molar-refractivity contribution is 6.05. The largest absolute Gasteiger partial charge is 0.455 e. The van der Waals surface area contributed by atoms with Crippen molar-refractivity contribution in [1.29, 1.82) is 0 Å². The van der Waals surface area contributed by atoms with Gasteiger partial charge in [0.05, 0.1) is 0 Å². The molecule has 25 heavy (non-hydrogen) atoms. The molecule has 0 radical (unpaired) electrons. The number of hydrogen-bond donors (Lipinski definition) is 0. The highest BCUT2D eigenvalue weighted by Crippen LogP contribution is 2.49. The first-order valence-corrected chi connectivity index (χ1v) is 8.96. The van der Waals surface area contributed by atoms with E-state index in [9.17, 15) is 9.59 Å². The summed E-state index contributed by atoms with van der Waals surface area (Å²) in [5, 5.41) is 0. The van der Waals surface area contributed by atoms with Gasteiger partial charge >= 0.3 is 5.97 Å². The van der Waals surface area contributed by atoms with Crippen LogP contribution < -0.4 is 0 Å². The molecule has 2 rings (SSSR count). The Labute approximate surface area is 150 Å². The molecule has 0 N–H and O–H groups in total. The molecular weight excluding hydrogens is 312 g/mol. The predicted octanol–water partition coefficient (Wildman–Crippen LogP) is 4.72. The Morgan fingerprint density at radius 3 is 2.88 bits per heavy atom. The predicted molar refractivity (Wildman–Crippen MR) is 101 cm³/mol. The van der Waals surface area contributed by atoms with E-state index in [0.29, 0.717) is 17.9 Å². The van der Waals surface area contributed by atoms with Crippen molar-refractivity contribution in [2.24, 2.45) is 17.3 Å². The van der Waals surface area contributed by atoms with Gasteiger partial charge in [-0.2, -0.15) is 0 Å². The molecule has 0 aliphatic heterocycles. The number of ketones is 1. The van der Waals surface area contributed by atoms with Gasteiger partial charge in [0.1, 0.15) is 6.10 Å². The fourth-order valence-corrected chi connectivity index (χ4v) is 3.27. The molecule has 0 saturated heterocycles. The van der Waals surface area contributed by atoms with Crippen LogP contribution in [0.15, 0.2) is 60.3 Å². The standard InChI is InChI=1S/C22H28O3/c1-6-15(2)9-7-8-10-21(24)25-20-12-11-18-13-19(23)16(3)14-22(18,5)17(20)4/h7-13,15,17,20H,3,6,14H2,1-2,4-5H3. The second-order valence-corrected chi connectivity index (χ2v) is 7.34. The molecule has 4 unspecified atom stereocenters. The first-order chi connectivity index (χ1) is 11.8. The summed E-state index contributed by atoms with van der Waals surface area (Å²) in [4.78, 5) is 24.0. The van der Waals surface area contributed by atoms with Crippen LogP contribution in [0, 0.1) is 17.3 Å². The van der Waals surface area contributed by atoms with Crippen molar-refractivity contribution >= 4 is 11.8 Å². The van der Waals surface area contributed by atoms with E-state index in [0.717, 1.165) is 12.0 Å². The van der Waals surface area contributed by atoms with Crippen LogP contribution in [0.1, 0.15) is 40.5 Å². The van der Waals surface area contributed by atoms with Gasteiger partial charge in [0.25, 0.3) is 0 Å². The van der Waals surface area contributed by atoms with Crippen LogP contribution in [0.2, 0.25) is 0 Å². The van der Waals surface area contributed by atoms with Crippen molar-refractivity contribution < 1.29 is 14.3 Å².